The Morgan fingerprint density at radius 3 is 2.56 bits per heavy atom. The number of fused-ring (bicyclic) bond motifs is 1. The van der Waals surface area contributed by atoms with Gasteiger partial charge >= 0.3 is 0 Å². The molecule has 6 rings (SSSR count). The van der Waals surface area contributed by atoms with Crippen LogP contribution in [-0.2, 0) is 4.79 Å². The van der Waals surface area contributed by atoms with Crippen molar-refractivity contribution >= 4 is 34.7 Å². The van der Waals surface area contributed by atoms with Crippen molar-refractivity contribution in [2.45, 2.75) is 13.0 Å². The molecule has 1 unspecified atom stereocenters. The summed E-state index contributed by atoms with van der Waals surface area (Å²) in [5, 5.41) is 13.9. The fourth-order valence-corrected chi connectivity index (χ4v) is 5.95. The molecule has 0 saturated heterocycles. The molecule has 0 radical (unpaired) electrons. The maximum absolute atomic E-state index is 14.0. The summed E-state index contributed by atoms with van der Waals surface area (Å²) >= 11 is 1.19. The molecular weight excluding hydrogens is 568 g/mol. The lowest BCUT2D eigenvalue weighted by Gasteiger charge is -2.25. The summed E-state index contributed by atoms with van der Waals surface area (Å²) in [6, 6.07) is 25.1. The zero-order valence-electron chi connectivity index (χ0n) is 23.0. The molecule has 0 saturated carbocycles. The van der Waals surface area contributed by atoms with Crippen LogP contribution >= 0.6 is 11.3 Å². The van der Waals surface area contributed by atoms with Crippen LogP contribution in [0.5, 0.6) is 5.75 Å². The quantitative estimate of drug-likeness (QED) is 0.208. The van der Waals surface area contributed by atoms with E-state index in [1.165, 1.54) is 28.0 Å². The molecule has 3 aromatic carbocycles. The number of nitro benzene ring substituents is 1. The van der Waals surface area contributed by atoms with Crippen LogP contribution in [0.4, 0.5) is 11.4 Å². The molecule has 1 aliphatic rings. The highest BCUT2D eigenvalue weighted by Crippen LogP contribution is 2.32. The van der Waals surface area contributed by atoms with Crippen LogP contribution < -0.4 is 24.9 Å². The average Bonchev–Trinajstić information content (AvgIpc) is 3.61. The van der Waals surface area contributed by atoms with Gasteiger partial charge in [0.2, 0.25) is 0 Å². The van der Waals surface area contributed by atoms with E-state index in [4.69, 9.17) is 9.15 Å². The second kappa shape index (κ2) is 11.4. The van der Waals surface area contributed by atoms with Crippen molar-refractivity contribution in [1.29, 1.82) is 0 Å². The predicted molar refractivity (Wildman–Crippen MR) is 163 cm³/mol. The summed E-state index contributed by atoms with van der Waals surface area (Å²) in [5.74, 6) is 1.15. The van der Waals surface area contributed by atoms with Crippen LogP contribution in [0.1, 0.15) is 24.3 Å². The minimum absolute atomic E-state index is 0.0191. The number of hydrogen-bond donors (Lipinski definition) is 1. The predicted octanol–water partition coefficient (Wildman–Crippen LogP) is 5.05. The van der Waals surface area contributed by atoms with Crippen molar-refractivity contribution in [2.24, 2.45) is 4.99 Å². The molecule has 11 heteroatoms. The fraction of sp³-hybridized carbons (Fsp3) is 0.0938. The minimum Gasteiger partial charge on any atom is -0.497 e. The van der Waals surface area contributed by atoms with E-state index in [0.29, 0.717) is 54.7 Å². The number of aromatic nitrogens is 1. The number of thiazole rings is 1. The van der Waals surface area contributed by atoms with Gasteiger partial charge in [-0.3, -0.25) is 24.3 Å². The number of non-ortho nitro benzene ring substituents is 1. The van der Waals surface area contributed by atoms with Gasteiger partial charge in [0.1, 0.15) is 17.3 Å². The maximum atomic E-state index is 14.0. The lowest BCUT2D eigenvalue weighted by molar-refractivity contribution is -0.384. The zero-order valence-corrected chi connectivity index (χ0v) is 23.8. The Morgan fingerprint density at radius 1 is 1.07 bits per heavy atom. The molecule has 5 aromatic rings. The van der Waals surface area contributed by atoms with Gasteiger partial charge in [-0.15, -0.1) is 0 Å². The van der Waals surface area contributed by atoms with Gasteiger partial charge < -0.3 is 14.5 Å². The molecule has 3 heterocycles. The van der Waals surface area contributed by atoms with Gasteiger partial charge in [-0.05, 0) is 61.0 Å². The van der Waals surface area contributed by atoms with E-state index in [-0.39, 0.29) is 17.2 Å². The second-order valence-electron chi connectivity index (χ2n) is 9.68. The number of carbonyl (C=O) groups excluding carboxylic acids is 1. The van der Waals surface area contributed by atoms with Crippen molar-refractivity contribution in [3.63, 3.8) is 0 Å². The van der Waals surface area contributed by atoms with E-state index in [1.54, 1.807) is 68.6 Å². The number of benzene rings is 3. The van der Waals surface area contributed by atoms with Crippen LogP contribution in [0.25, 0.3) is 17.4 Å². The van der Waals surface area contributed by atoms with E-state index < -0.39 is 11.0 Å². The van der Waals surface area contributed by atoms with E-state index in [0.717, 1.165) is 0 Å². The molecule has 1 aliphatic heterocycles. The van der Waals surface area contributed by atoms with Crippen LogP contribution in [-0.4, -0.2) is 22.5 Å². The van der Waals surface area contributed by atoms with Gasteiger partial charge in [-0.2, -0.15) is 0 Å². The Balaban J connectivity index is 1.43. The summed E-state index contributed by atoms with van der Waals surface area (Å²) in [4.78, 5) is 43.3. The Hall–Kier alpha value is -5.55. The third-order valence-corrected chi connectivity index (χ3v) is 7.95. The number of ether oxygens (including phenoxy) is 1. The highest BCUT2D eigenvalue weighted by atomic mass is 32.1. The van der Waals surface area contributed by atoms with Crippen LogP contribution in [0.2, 0.25) is 0 Å². The van der Waals surface area contributed by atoms with Crippen molar-refractivity contribution in [3.8, 4) is 17.1 Å². The highest BCUT2D eigenvalue weighted by molar-refractivity contribution is 7.07. The number of nitrogens with one attached hydrogen (secondary N) is 1. The second-order valence-corrected chi connectivity index (χ2v) is 10.7. The van der Waals surface area contributed by atoms with Crippen LogP contribution in [0, 0.1) is 10.1 Å². The van der Waals surface area contributed by atoms with E-state index in [2.05, 4.69) is 10.3 Å². The maximum Gasteiger partial charge on any atom is 0.271 e. The molecule has 0 aliphatic carbocycles. The van der Waals surface area contributed by atoms with E-state index >= 15 is 0 Å². The number of rotatable bonds is 7. The third-order valence-electron chi connectivity index (χ3n) is 6.97. The van der Waals surface area contributed by atoms with E-state index in [9.17, 15) is 19.7 Å². The number of anilines is 1. The first-order valence-corrected chi connectivity index (χ1v) is 14.0. The van der Waals surface area contributed by atoms with Gasteiger partial charge in [0.15, 0.2) is 4.80 Å². The summed E-state index contributed by atoms with van der Waals surface area (Å²) in [6.45, 7) is 1.76. The largest absolute Gasteiger partial charge is 0.497 e. The van der Waals surface area contributed by atoms with Gasteiger partial charge in [-0.1, -0.05) is 41.7 Å². The number of furan rings is 1. The lowest BCUT2D eigenvalue weighted by Crippen LogP contribution is -2.40. The Labute approximate surface area is 248 Å². The topological polar surface area (TPSA) is 129 Å². The standard InChI is InChI=1S/C32H24N4O6S/c1-19-28(30(37)34-22-8-4-3-5-9-22)29(21-7-6-10-24(17-21)41-2)35-31(38)27(43-32(35)33-19)18-25-15-16-26(42-25)20-11-13-23(14-12-20)36(39)40/h3-18,29H,1-2H3,(H,34,37)/b27-18-. The molecule has 214 valence electrons. The van der Waals surface area contributed by atoms with Gasteiger partial charge in [0, 0.05) is 29.5 Å². The van der Waals surface area contributed by atoms with Crippen molar-refractivity contribution < 1.29 is 18.9 Å². The minimum atomic E-state index is -0.760. The molecule has 0 spiro atoms. The number of amides is 1. The number of nitrogens with zero attached hydrogens (tertiary/aromatic N) is 3. The lowest BCUT2D eigenvalue weighted by atomic mass is 9.95. The number of methoxy groups -OCH3 is 1. The third kappa shape index (κ3) is 5.41. The molecule has 0 fully saturated rings. The van der Waals surface area contributed by atoms with Crippen molar-refractivity contribution in [3.05, 3.63) is 143 Å². The summed E-state index contributed by atoms with van der Waals surface area (Å²) in [7, 11) is 1.56. The van der Waals surface area contributed by atoms with Gasteiger partial charge in [-0.25, -0.2) is 4.99 Å². The SMILES string of the molecule is COc1cccc(C2C(C(=O)Nc3ccccc3)=C(C)N=c3s/c(=C\c4ccc(-c5ccc([N+](=O)[O-])cc5)o4)c(=O)n32)c1. The van der Waals surface area contributed by atoms with Crippen LogP contribution in [0.15, 0.2) is 116 Å². The molecule has 10 nitrogen and oxygen atoms in total. The first-order chi connectivity index (χ1) is 20.8. The zero-order chi connectivity index (χ0) is 30.1. The average molecular weight is 593 g/mol. The normalized spacial score (nSPS) is 14.7. The first-order valence-electron chi connectivity index (χ1n) is 13.2. The Morgan fingerprint density at radius 2 is 1.84 bits per heavy atom. The molecule has 1 N–H and O–H groups in total. The van der Waals surface area contributed by atoms with Crippen molar-refractivity contribution in [2.75, 3.05) is 12.4 Å². The molecule has 2 aromatic heterocycles. The first kappa shape index (κ1) is 27.6. The summed E-state index contributed by atoms with van der Waals surface area (Å²) in [6.07, 6.45) is 1.63. The Kier molecular flexibility index (Phi) is 7.31. The van der Waals surface area contributed by atoms with Crippen LogP contribution in [0.3, 0.4) is 0 Å². The highest BCUT2D eigenvalue weighted by Gasteiger charge is 2.32. The number of hydrogen-bond acceptors (Lipinski definition) is 8. The van der Waals surface area contributed by atoms with E-state index in [1.807, 2.05) is 30.3 Å². The Bertz CT molecular complexity index is 2070. The van der Waals surface area contributed by atoms with Gasteiger partial charge in [0.05, 0.1) is 33.9 Å². The number of nitro groups is 1. The number of para-hydroxylation sites is 1. The monoisotopic (exact) mass is 592 g/mol. The molecular formula is C32H24N4O6S. The summed E-state index contributed by atoms with van der Waals surface area (Å²) < 4.78 is 13.3. The number of carbonyl (C=O) groups is 1. The van der Waals surface area contributed by atoms with Crippen molar-refractivity contribution in [1.82, 2.24) is 4.57 Å². The smallest absolute Gasteiger partial charge is 0.271 e. The fourth-order valence-electron chi connectivity index (χ4n) is 4.92. The molecule has 0 bridgehead atoms. The molecule has 1 atom stereocenters. The summed E-state index contributed by atoms with van der Waals surface area (Å²) in [5.41, 5.74) is 2.46. The van der Waals surface area contributed by atoms with Gasteiger partial charge in [0.25, 0.3) is 17.2 Å². The molecule has 1 amide bonds. The number of allylic oxidation sites excluding steroid dienone is 1. The molecule has 43 heavy (non-hydrogen) atoms.